The van der Waals surface area contributed by atoms with Crippen LogP contribution < -0.4 is 5.32 Å². The first-order valence-corrected chi connectivity index (χ1v) is 9.58. The minimum atomic E-state index is -0.402. The lowest BCUT2D eigenvalue weighted by Gasteiger charge is -2.24. The Morgan fingerprint density at radius 2 is 2.00 bits per heavy atom. The molecule has 2 atom stereocenters. The van der Waals surface area contributed by atoms with Crippen LogP contribution in [0.2, 0.25) is 0 Å². The molecule has 0 saturated heterocycles. The third-order valence-corrected chi connectivity index (χ3v) is 5.02. The topological polar surface area (TPSA) is 77.2 Å². The van der Waals surface area contributed by atoms with Crippen molar-refractivity contribution in [2.75, 3.05) is 7.11 Å². The number of nitrogens with zero attached hydrogens (tertiary/aromatic N) is 2. The Morgan fingerprint density at radius 3 is 2.69 bits per heavy atom. The van der Waals surface area contributed by atoms with Crippen molar-refractivity contribution < 1.29 is 18.4 Å². The average molecular weight is 395 g/mol. The van der Waals surface area contributed by atoms with Crippen molar-refractivity contribution in [3.63, 3.8) is 0 Å². The molecule has 1 N–H and O–H groups in total. The highest BCUT2D eigenvalue weighted by molar-refractivity contribution is 5.95. The van der Waals surface area contributed by atoms with E-state index in [0.29, 0.717) is 23.2 Å². The molecule has 1 fully saturated rings. The summed E-state index contributed by atoms with van der Waals surface area (Å²) in [6.07, 6.45) is 1.76. The normalized spacial score (nSPS) is 15.7. The molecule has 150 valence electrons. The lowest BCUT2D eigenvalue weighted by Crippen LogP contribution is -2.37. The van der Waals surface area contributed by atoms with Gasteiger partial charge < -0.3 is 14.6 Å². The molecule has 3 aromatic rings. The van der Waals surface area contributed by atoms with E-state index in [1.54, 1.807) is 37.4 Å². The lowest BCUT2D eigenvalue weighted by molar-refractivity contribution is 0.0644. The molecule has 0 bridgehead atoms. The smallest absolute Gasteiger partial charge is 0.251 e. The highest BCUT2D eigenvalue weighted by Gasteiger charge is 2.30. The molecule has 2 aromatic carbocycles. The Labute approximate surface area is 168 Å². The van der Waals surface area contributed by atoms with Crippen LogP contribution in [0.5, 0.6) is 0 Å². The summed E-state index contributed by atoms with van der Waals surface area (Å²) < 4.78 is 24.0. The molecule has 29 heavy (non-hydrogen) atoms. The zero-order valence-corrected chi connectivity index (χ0v) is 16.3. The van der Waals surface area contributed by atoms with E-state index < -0.39 is 6.10 Å². The molecule has 0 unspecified atom stereocenters. The zero-order valence-electron chi connectivity index (χ0n) is 16.3. The van der Waals surface area contributed by atoms with E-state index in [1.165, 1.54) is 12.1 Å². The molecule has 1 aliphatic rings. The number of nitrogens with one attached hydrogen (secondary N) is 1. The van der Waals surface area contributed by atoms with Gasteiger partial charge in [-0.2, -0.15) is 4.98 Å². The van der Waals surface area contributed by atoms with Crippen molar-refractivity contribution in [1.29, 1.82) is 0 Å². The van der Waals surface area contributed by atoms with Crippen LogP contribution in [0.25, 0.3) is 11.4 Å². The molecule has 7 heteroatoms. The predicted molar refractivity (Wildman–Crippen MR) is 105 cm³/mol. The lowest BCUT2D eigenvalue weighted by atomic mass is 10.0. The molecule has 4 rings (SSSR count). The van der Waals surface area contributed by atoms with Gasteiger partial charge in [0.15, 0.2) is 0 Å². The van der Waals surface area contributed by atoms with Crippen molar-refractivity contribution in [3.8, 4) is 11.4 Å². The number of hydrogen-bond donors (Lipinski definition) is 1. The van der Waals surface area contributed by atoms with Gasteiger partial charge in [-0.3, -0.25) is 4.79 Å². The van der Waals surface area contributed by atoms with Gasteiger partial charge in [0, 0.05) is 24.2 Å². The number of halogens is 1. The maximum Gasteiger partial charge on any atom is 0.251 e. The molecule has 0 aliphatic heterocycles. The van der Waals surface area contributed by atoms with Gasteiger partial charge in [0.2, 0.25) is 11.7 Å². The van der Waals surface area contributed by atoms with Gasteiger partial charge in [-0.25, -0.2) is 4.39 Å². The Bertz CT molecular complexity index is 999. The van der Waals surface area contributed by atoms with Crippen LogP contribution in [0.1, 0.15) is 53.6 Å². The Morgan fingerprint density at radius 1 is 1.24 bits per heavy atom. The number of carbonyl (C=O) groups excluding carboxylic acids is 1. The number of methoxy groups -OCH3 is 1. The van der Waals surface area contributed by atoms with Crippen LogP contribution in [0.15, 0.2) is 53.1 Å². The first kappa shape index (κ1) is 19.3. The minimum Gasteiger partial charge on any atom is -0.375 e. The van der Waals surface area contributed by atoms with Crippen LogP contribution >= 0.6 is 0 Å². The number of rotatable bonds is 7. The van der Waals surface area contributed by atoms with E-state index in [-0.39, 0.29) is 17.8 Å². The van der Waals surface area contributed by atoms with E-state index in [0.717, 1.165) is 24.0 Å². The van der Waals surface area contributed by atoms with E-state index in [1.807, 2.05) is 13.0 Å². The molecule has 6 nitrogen and oxygen atoms in total. The van der Waals surface area contributed by atoms with Gasteiger partial charge in [-0.05, 0) is 49.6 Å². The molecule has 0 radical (unpaired) electrons. The molecular weight excluding hydrogens is 373 g/mol. The summed E-state index contributed by atoms with van der Waals surface area (Å²) in [7, 11) is 1.56. The second-order valence-corrected chi connectivity index (χ2v) is 7.28. The SMILES string of the molecule is CO[C@H](c1ccc(F)cc1)[C@@H](C)NC(=O)c1cccc(-c2noc(C3CC3)n2)c1. The van der Waals surface area contributed by atoms with Crippen LogP contribution in [0.3, 0.4) is 0 Å². The summed E-state index contributed by atoms with van der Waals surface area (Å²) in [5, 5.41) is 6.98. The van der Waals surface area contributed by atoms with Gasteiger partial charge in [0.1, 0.15) is 11.9 Å². The average Bonchev–Trinajstić information content (AvgIpc) is 3.46. The van der Waals surface area contributed by atoms with Crippen LogP contribution in [0, 0.1) is 5.82 Å². The summed E-state index contributed by atoms with van der Waals surface area (Å²) in [5.41, 5.74) is 2.00. The molecule has 1 aromatic heterocycles. The molecule has 0 spiro atoms. The first-order chi connectivity index (χ1) is 14.0. The fraction of sp³-hybridized carbons (Fsp3) is 0.318. The first-order valence-electron chi connectivity index (χ1n) is 9.58. The summed E-state index contributed by atoms with van der Waals surface area (Å²) in [4.78, 5) is 17.2. The van der Waals surface area contributed by atoms with Gasteiger partial charge in [-0.1, -0.05) is 29.4 Å². The summed E-state index contributed by atoms with van der Waals surface area (Å²) in [6.45, 7) is 1.85. The number of benzene rings is 2. The number of aromatic nitrogens is 2. The summed E-state index contributed by atoms with van der Waals surface area (Å²) in [5.74, 6) is 0.959. The Balaban J connectivity index is 1.47. The molecule has 1 saturated carbocycles. The molecule has 1 heterocycles. The maximum absolute atomic E-state index is 13.2. The fourth-order valence-electron chi connectivity index (χ4n) is 3.30. The van der Waals surface area contributed by atoms with Gasteiger partial charge >= 0.3 is 0 Å². The summed E-state index contributed by atoms with van der Waals surface area (Å²) >= 11 is 0. The molecular formula is C22H22FN3O3. The monoisotopic (exact) mass is 395 g/mol. The Hall–Kier alpha value is -3.06. The van der Waals surface area contributed by atoms with Crippen LogP contribution in [-0.2, 0) is 4.74 Å². The van der Waals surface area contributed by atoms with Crippen molar-refractivity contribution in [2.24, 2.45) is 0 Å². The largest absolute Gasteiger partial charge is 0.375 e. The predicted octanol–water partition coefficient (Wildman–Crippen LogP) is 4.26. The van der Waals surface area contributed by atoms with E-state index in [2.05, 4.69) is 15.5 Å². The Kier molecular flexibility index (Phi) is 5.40. The standard InChI is InChI=1S/C22H22FN3O3/c1-13(19(28-2)14-8-10-18(23)11-9-14)24-21(27)17-5-3-4-16(12-17)20-25-22(29-26-20)15-6-7-15/h3-5,8-13,15,19H,6-7H2,1-2H3,(H,24,27)/t13-,19+/m1/s1. The van der Waals surface area contributed by atoms with Crippen molar-refractivity contribution in [2.45, 2.75) is 37.8 Å². The third-order valence-electron chi connectivity index (χ3n) is 5.02. The van der Waals surface area contributed by atoms with Crippen LogP contribution in [-0.4, -0.2) is 29.2 Å². The van der Waals surface area contributed by atoms with Crippen molar-refractivity contribution in [3.05, 3.63) is 71.4 Å². The second-order valence-electron chi connectivity index (χ2n) is 7.28. The van der Waals surface area contributed by atoms with E-state index in [4.69, 9.17) is 9.26 Å². The number of ether oxygens (including phenoxy) is 1. The highest BCUT2D eigenvalue weighted by atomic mass is 19.1. The number of hydrogen-bond acceptors (Lipinski definition) is 5. The third kappa shape index (κ3) is 4.35. The number of carbonyl (C=O) groups is 1. The van der Waals surface area contributed by atoms with Gasteiger partial charge in [0.05, 0.1) is 6.04 Å². The zero-order chi connectivity index (χ0) is 20.4. The van der Waals surface area contributed by atoms with Crippen molar-refractivity contribution in [1.82, 2.24) is 15.5 Å². The van der Waals surface area contributed by atoms with E-state index in [9.17, 15) is 9.18 Å². The minimum absolute atomic E-state index is 0.241. The quantitative estimate of drug-likeness (QED) is 0.647. The number of amides is 1. The highest BCUT2D eigenvalue weighted by Crippen LogP contribution is 2.39. The summed E-state index contributed by atoms with van der Waals surface area (Å²) in [6, 6.07) is 12.8. The molecule has 1 amide bonds. The van der Waals surface area contributed by atoms with Gasteiger partial charge in [0.25, 0.3) is 5.91 Å². The molecule has 1 aliphatic carbocycles. The van der Waals surface area contributed by atoms with Crippen LogP contribution in [0.4, 0.5) is 4.39 Å². The second kappa shape index (κ2) is 8.13. The van der Waals surface area contributed by atoms with Gasteiger partial charge in [-0.15, -0.1) is 0 Å². The van der Waals surface area contributed by atoms with Crippen molar-refractivity contribution >= 4 is 5.91 Å². The fourth-order valence-corrected chi connectivity index (χ4v) is 3.30. The van der Waals surface area contributed by atoms with E-state index >= 15 is 0 Å². The maximum atomic E-state index is 13.2.